The van der Waals surface area contributed by atoms with Crippen molar-refractivity contribution in [2.75, 3.05) is 13.2 Å². The quantitative estimate of drug-likeness (QED) is 0.657. The van der Waals surface area contributed by atoms with Crippen LogP contribution in [-0.2, 0) is 4.74 Å². The highest BCUT2D eigenvalue weighted by Gasteiger charge is 2.27. The molecule has 0 saturated heterocycles. The van der Waals surface area contributed by atoms with E-state index in [-0.39, 0.29) is 0 Å². The predicted molar refractivity (Wildman–Crippen MR) is 74.1 cm³/mol. The molecule has 17 heavy (non-hydrogen) atoms. The second kappa shape index (κ2) is 8.93. The lowest BCUT2D eigenvalue weighted by Crippen LogP contribution is -2.36. The summed E-state index contributed by atoms with van der Waals surface area (Å²) in [6.45, 7) is 6.33. The number of hydrogen-bond donors (Lipinski definition) is 1. The zero-order chi connectivity index (χ0) is 12.5. The van der Waals surface area contributed by atoms with E-state index in [2.05, 4.69) is 13.8 Å². The monoisotopic (exact) mass is 241 g/mol. The number of hydrogen-bond acceptors (Lipinski definition) is 2. The second-order valence-corrected chi connectivity index (χ2v) is 5.74. The lowest BCUT2D eigenvalue weighted by atomic mass is 9.80. The summed E-state index contributed by atoms with van der Waals surface area (Å²) >= 11 is 0. The number of unbranched alkanes of at least 4 members (excludes halogenated alkanes) is 4. The molecule has 1 fully saturated rings. The van der Waals surface area contributed by atoms with Crippen molar-refractivity contribution < 1.29 is 4.74 Å². The Hall–Kier alpha value is -0.0800. The van der Waals surface area contributed by atoms with Gasteiger partial charge in [0.05, 0.1) is 6.10 Å². The van der Waals surface area contributed by atoms with E-state index in [1.807, 2.05) is 0 Å². The summed E-state index contributed by atoms with van der Waals surface area (Å²) in [5.41, 5.74) is 5.83. The van der Waals surface area contributed by atoms with E-state index in [1.165, 1.54) is 51.4 Å². The van der Waals surface area contributed by atoms with E-state index < -0.39 is 0 Å². The van der Waals surface area contributed by atoms with Gasteiger partial charge < -0.3 is 10.5 Å². The smallest absolute Gasteiger partial charge is 0.0617 e. The second-order valence-electron chi connectivity index (χ2n) is 5.74. The van der Waals surface area contributed by atoms with Crippen LogP contribution in [-0.4, -0.2) is 19.3 Å². The molecule has 1 aliphatic carbocycles. The minimum atomic E-state index is 0.440. The third kappa shape index (κ3) is 5.87. The number of nitrogens with two attached hydrogens (primary N) is 1. The van der Waals surface area contributed by atoms with E-state index in [0.29, 0.717) is 12.0 Å². The first-order valence-electron chi connectivity index (χ1n) is 7.59. The standard InChI is InChI=1S/C15H31NO/c1-3-4-5-6-7-10-17-15-11-13(2)8-9-14(15)12-16/h13-15H,3-12,16H2,1-2H3. The Labute approximate surface area is 107 Å². The lowest BCUT2D eigenvalue weighted by molar-refractivity contribution is -0.0222. The zero-order valence-corrected chi connectivity index (χ0v) is 11.8. The SMILES string of the molecule is CCCCCCCOC1CC(C)CCC1CN. The van der Waals surface area contributed by atoms with Gasteiger partial charge in [-0.2, -0.15) is 0 Å². The van der Waals surface area contributed by atoms with Crippen LogP contribution in [0.15, 0.2) is 0 Å². The first-order chi connectivity index (χ1) is 8.27. The topological polar surface area (TPSA) is 35.2 Å². The Morgan fingerprint density at radius 3 is 2.59 bits per heavy atom. The van der Waals surface area contributed by atoms with Gasteiger partial charge >= 0.3 is 0 Å². The van der Waals surface area contributed by atoms with Crippen LogP contribution in [0.25, 0.3) is 0 Å². The fraction of sp³-hybridized carbons (Fsp3) is 1.00. The Morgan fingerprint density at radius 1 is 1.12 bits per heavy atom. The molecule has 0 aromatic rings. The van der Waals surface area contributed by atoms with Crippen molar-refractivity contribution in [3.8, 4) is 0 Å². The molecule has 0 heterocycles. The zero-order valence-electron chi connectivity index (χ0n) is 11.8. The van der Waals surface area contributed by atoms with Crippen molar-refractivity contribution in [1.29, 1.82) is 0 Å². The van der Waals surface area contributed by atoms with Crippen LogP contribution in [0, 0.1) is 11.8 Å². The lowest BCUT2D eigenvalue weighted by Gasteiger charge is -2.34. The van der Waals surface area contributed by atoms with Crippen LogP contribution >= 0.6 is 0 Å². The Balaban J connectivity index is 2.10. The van der Waals surface area contributed by atoms with Crippen molar-refractivity contribution in [1.82, 2.24) is 0 Å². The average Bonchev–Trinajstić information content (AvgIpc) is 2.34. The highest BCUT2D eigenvalue weighted by molar-refractivity contribution is 4.79. The Morgan fingerprint density at radius 2 is 1.88 bits per heavy atom. The van der Waals surface area contributed by atoms with E-state index in [9.17, 15) is 0 Å². The van der Waals surface area contributed by atoms with Gasteiger partial charge in [-0.05, 0) is 37.6 Å². The first kappa shape index (κ1) is 15.0. The summed E-state index contributed by atoms with van der Waals surface area (Å²) in [5, 5.41) is 0. The van der Waals surface area contributed by atoms with Crippen LogP contribution in [0.1, 0.15) is 65.2 Å². The third-order valence-corrected chi connectivity index (χ3v) is 4.07. The predicted octanol–water partition coefficient (Wildman–Crippen LogP) is 3.74. The maximum absolute atomic E-state index is 6.06. The van der Waals surface area contributed by atoms with Gasteiger partial charge in [0.25, 0.3) is 0 Å². The molecule has 3 unspecified atom stereocenters. The van der Waals surface area contributed by atoms with E-state index >= 15 is 0 Å². The Kier molecular flexibility index (Phi) is 7.87. The molecular formula is C15H31NO. The maximum atomic E-state index is 6.06. The molecule has 1 saturated carbocycles. The van der Waals surface area contributed by atoms with Crippen LogP contribution in [0.3, 0.4) is 0 Å². The molecular weight excluding hydrogens is 210 g/mol. The van der Waals surface area contributed by atoms with Crippen LogP contribution in [0.2, 0.25) is 0 Å². The van der Waals surface area contributed by atoms with E-state index in [0.717, 1.165) is 19.1 Å². The molecule has 0 amide bonds. The summed E-state index contributed by atoms with van der Waals surface area (Å²) < 4.78 is 6.06. The van der Waals surface area contributed by atoms with Gasteiger partial charge in [0.15, 0.2) is 0 Å². The molecule has 3 atom stereocenters. The van der Waals surface area contributed by atoms with Crippen molar-refractivity contribution >= 4 is 0 Å². The average molecular weight is 241 g/mol. The highest BCUT2D eigenvalue weighted by atomic mass is 16.5. The summed E-state index contributed by atoms with van der Waals surface area (Å²) in [6, 6.07) is 0. The maximum Gasteiger partial charge on any atom is 0.0617 e. The van der Waals surface area contributed by atoms with Gasteiger partial charge in [-0.3, -0.25) is 0 Å². The van der Waals surface area contributed by atoms with E-state index in [4.69, 9.17) is 10.5 Å². The normalized spacial score (nSPS) is 29.5. The van der Waals surface area contributed by atoms with Gasteiger partial charge in [0, 0.05) is 6.61 Å². The van der Waals surface area contributed by atoms with Gasteiger partial charge in [0.2, 0.25) is 0 Å². The van der Waals surface area contributed by atoms with E-state index in [1.54, 1.807) is 0 Å². The van der Waals surface area contributed by atoms with Crippen molar-refractivity contribution in [2.45, 2.75) is 71.3 Å². The molecule has 0 aromatic heterocycles. The molecule has 2 N–H and O–H groups in total. The molecule has 2 nitrogen and oxygen atoms in total. The summed E-state index contributed by atoms with van der Waals surface area (Å²) in [4.78, 5) is 0. The van der Waals surface area contributed by atoms with Gasteiger partial charge in [-0.1, -0.05) is 46.0 Å². The summed E-state index contributed by atoms with van der Waals surface area (Å²) in [5.74, 6) is 1.43. The molecule has 0 spiro atoms. The number of rotatable bonds is 8. The fourth-order valence-corrected chi connectivity index (χ4v) is 2.81. The molecule has 0 aliphatic heterocycles. The first-order valence-corrected chi connectivity index (χ1v) is 7.59. The number of ether oxygens (including phenoxy) is 1. The molecule has 0 aromatic carbocycles. The largest absolute Gasteiger partial charge is 0.378 e. The molecule has 0 bridgehead atoms. The minimum absolute atomic E-state index is 0.440. The Bertz CT molecular complexity index is 184. The molecule has 102 valence electrons. The van der Waals surface area contributed by atoms with Gasteiger partial charge in [-0.25, -0.2) is 0 Å². The van der Waals surface area contributed by atoms with Crippen molar-refractivity contribution in [2.24, 2.45) is 17.6 Å². The third-order valence-electron chi connectivity index (χ3n) is 4.07. The van der Waals surface area contributed by atoms with Crippen molar-refractivity contribution in [3.05, 3.63) is 0 Å². The van der Waals surface area contributed by atoms with Crippen LogP contribution in [0.5, 0.6) is 0 Å². The highest BCUT2D eigenvalue weighted by Crippen LogP contribution is 2.30. The molecule has 2 heteroatoms. The molecule has 0 radical (unpaired) electrons. The van der Waals surface area contributed by atoms with Crippen molar-refractivity contribution in [3.63, 3.8) is 0 Å². The fourth-order valence-electron chi connectivity index (χ4n) is 2.81. The van der Waals surface area contributed by atoms with Gasteiger partial charge in [0.1, 0.15) is 0 Å². The summed E-state index contributed by atoms with van der Waals surface area (Å²) in [6.07, 6.45) is 10.8. The molecule has 1 rings (SSSR count). The molecule has 1 aliphatic rings. The minimum Gasteiger partial charge on any atom is -0.378 e. The summed E-state index contributed by atoms with van der Waals surface area (Å²) in [7, 11) is 0. The van der Waals surface area contributed by atoms with Crippen LogP contribution in [0.4, 0.5) is 0 Å². The van der Waals surface area contributed by atoms with Crippen LogP contribution < -0.4 is 5.73 Å². The van der Waals surface area contributed by atoms with Gasteiger partial charge in [-0.15, -0.1) is 0 Å².